The van der Waals surface area contributed by atoms with Crippen molar-refractivity contribution in [3.8, 4) is 0 Å². The molecular formula is C24H32O4. The second-order valence-corrected chi connectivity index (χ2v) is 11.0. The molecule has 4 heteroatoms. The lowest BCUT2D eigenvalue weighted by Crippen LogP contribution is -2.58. The van der Waals surface area contributed by atoms with Gasteiger partial charge < -0.3 is 14.3 Å². The molecule has 1 aromatic rings. The van der Waals surface area contributed by atoms with Crippen LogP contribution in [0.3, 0.4) is 0 Å². The second kappa shape index (κ2) is 5.51. The predicted molar refractivity (Wildman–Crippen MR) is 105 cm³/mol. The molecule has 0 bridgehead atoms. The van der Waals surface area contributed by atoms with Crippen LogP contribution in [0.15, 0.2) is 27.6 Å². The zero-order chi connectivity index (χ0) is 19.3. The highest BCUT2D eigenvalue weighted by Crippen LogP contribution is 2.77. The van der Waals surface area contributed by atoms with E-state index in [1.807, 2.05) is 6.07 Å². The van der Waals surface area contributed by atoms with Crippen molar-refractivity contribution in [1.82, 2.24) is 0 Å². The molecule has 1 spiro atoms. The third-order valence-electron chi connectivity index (χ3n) is 10.2. The van der Waals surface area contributed by atoms with Gasteiger partial charge in [-0.1, -0.05) is 13.8 Å². The van der Waals surface area contributed by atoms with Gasteiger partial charge in [-0.25, -0.2) is 4.79 Å². The van der Waals surface area contributed by atoms with Crippen molar-refractivity contribution in [2.75, 3.05) is 0 Å². The fourth-order valence-electron chi connectivity index (χ4n) is 8.74. The van der Waals surface area contributed by atoms with Gasteiger partial charge in [0.05, 0.1) is 18.5 Å². The number of fused-ring (bicyclic) bond motifs is 3. The number of hydrogen-bond donors (Lipinski definition) is 1. The van der Waals surface area contributed by atoms with Gasteiger partial charge in [-0.3, -0.25) is 0 Å². The summed E-state index contributed by atoms with van der Waals surface area (Å²) in [6.07, 6.45) is 11.1. The Kier molecular flexibility index (Phi) is 3.49. The average Bonchev–Trinajstić information content (AvgIpc) is 3.33. The third kappa shape index (κ3) is 2.01. The van der Waals surface area contributed by atoms with Crippen LogP contribution in [0.4, 0.5) is 0 Å². The van der Waals surface area contributed by atoms with Crippen LogP contribution in [-0.4, -0.2) is 22.9 Å². The Balaban J connectivity index is 1.36. The maximum absolute atomic E-state index is 11.4. The van der Waals surface area contributed by atoms with E-state index in [0.29, 0.717) is 29.3 Å². The maximum atomic E-state index is 11.4. The molecular weight excluding hydrogens is 352 g/mol. The molecule has 6 rings (SSSR count). The lowest BCUT2D eigenvalue weighted by molar-refractivity contribution is -0.139. The molecule has 2 heterocycles. The Morgan fingerprint density at radius 1 is 1.04 bits per heavy atom. The molecule has 0 amide bonds. The van der Waals surface area contributed by atoms with Gasteiger partial charge >= 0.3 is 5.63 Å². The van der Waals surface area contributed by atoms with Crippen molar-refractivity contribution in [2.45, 2.75) is 88.9 Å². The zero-order valence-corrected chi connectivity index (χ0v) is 17.0. The number of rotatable bonds is 1. The lowest BCUT2D eigenvalue weighted by atomic mass is 9.44. The fraction of sp³-hybridized carbons (Fsp3) is 0.792. The quantitative estimate of drug-likeness (QED) is 0.735. The third-order valence-corrected chi connectivity index (χ3v) is 10.2. The summed E-state index contributed by atoms with van der Waals surface area (Å²) in [5.41, 5.74) is 1.44. The molecule has 28 heavy (non-hydrogen) atoms. The molecule has 1 aliphatic heterocycles. The van der Waals surface area contributed by atoms with E-state index in [1.54, 1.807) is 12.3 Å². The van der Waals surface area contributed by atoms with E-state index >= 15 is 0 Å². The summed E-state index contributed by atoms with van der Waals surface area (Å²) >= 11 is 0. The summed E-state index contributed by atoms with van der Waals surface area (Å²) in [7, 11) is 0. The molecule has 4 aliphatic carbocycles. The summed E-state index contributed by atoms with van der Waals surface area (Å²) < 4.78 is 11.8. The van der Waals surface area contributed by atoms with Crippen LogP contribution in [0.25, 0.3) is 0 Å². The van der Waals surface area contributed by atoms with Crippen LogP contribution in [0.5, 0.6) is 0 Å². The van der Waals surface area contributed by atoms with Gasteiger partial charge in [0.1, 0.15) is 5.60 Å². The Morgan fingerprint density at radius 2 is 1.89 bits per heavy atom. The molecule has 152 valence electrons. The van der Waals surface area contributed by atoms with Crippen LogP contribution in [-0.2, 0) is 4.74 Å². The van der Waals surface area contributed by atoms with Crippen molar-refractivity contribution >= 4 is 0 Å². The maximum Gasteiger partial charge on any atom is 0.335 e. The van der Waals surface area contributed by atoms with Gasteiger partial charge in [-0.05, 0) is 92.1 Å². The predicted octanol–water partition coefficient (Wildman–Crippen LogP) is 4.26. The first kappa shape index (κ1) is 17.7. The van der Waals surface area contributed by atoms with Crippen LogP contribution < -0.4 is 5.63 Å². The summed E-state index contributed by atoms with van der Waals surface area (Å²) in [4.78, 5) is 11.4. The first-order valence-electron chi connectivity index (χ1n) is 11.3. The summed E-state index contributed by atoms with van der Waals surface area (Å²) in [6, 6.07) is 3.55. The minimum absolute atomic E-state index is 0.0285. The summed E-state index contributed by atoms with van der Waals surface area (Å²) in [5, 5.41) is 10.2. The van der Waals surface area contributed by atoms with Gasteiger partial charge in [-0.2, -0.15) is 0 Å². The fourth-order valence-corrected chi connectivity index (χ4v) is 8.74. The van der Waals surface area contributed by atoms with Crippen molar-refractivity contribution in [2.24, 2.45) is 28.6 Å². The summed E-state index contributed by atoms with van der Waals surface area (Å²) in [5.74, 6) is 2.48. The van der Waals surface area contributed by atoms with E-state index in [2.05, 4.69) is 13.8 Å². The number of aliphatic hydroxyl groups is 1. The molecule has 4 saturated carbocycles. The zero-order valence-electron chi connectivity index (χ0n) is 17.0. The molecule has 5 fully saturated rings. The molecule has 5 aliphatic rings. The smallest absolute Gasteiger partial charge is 0.335 e. The van der Waals surface area contributed by atoms with E-state index in [9.17, 15) is 9.90 Å². The lowest BCUT2D eigenvalue weighted by Gasteiger charge is -2.61. The Bertz CT molecular complexity index is 842. The Hall–Kier alpha value is -1.13. The minimum atomic E-state index is -0.266. The van der Waals surface area contributed by atoms with E-state index in [-0.39, 0.29) is 22.7 Å². The number of aliphatic hydroxyl groups excluding tert-OH is 1. The van der Waals surface area contributed by atoms with Crippen LogP contribution in [0, 0.1) is 28.6 Å². The van der Waals surface area contributed by atoms with E-state index < -0.39 is 0 Å². The first-order chi connectivity index (χ1) is 13.4. The van der Waals surface area contributed by atoms with Crippen LogP contribution in [0.2, 0.25) is 0 Å². The largest absolute Gasteiger partial charge is 0.431 e. The molecule has 0 radical (unpaired) electrons. The molecule has 1 saturated heterocycles. The van der Waals surface area contributed by atoms with E-state index in [1.165, 1.54) is 37.7 Å². The minimum Gasteiger partial charge on any atom is -0.431 e. The molecule has 4 nitrogen and oxygen atoms in total. The van der Waals surface area contributed by atoms with Gasteiger partial charge in [0.25, 0.3) is 0 Å². The molecule has 0 unspecified atom stereocenters. The number of ether oxygens (including phenoxy) is 1. The van der Waals surface area contributed by atoms with Gasteiger partial charge in [0.2, 0.25) is 0 Å². The van der Waals surface area contributed by atoms with E-state index in [0.717, 1.165) is 25.2 Å². The highest BCUT2D eigenvalue weighted by atomic mass is 16.6. The van der Waals surface area contributed by atoms with Crippen LogP contribution >= 0.6 is 0 Å². The second-order valence-electron chi connectivity index (χ2n) is 11.0. The SMILES string of the molecule is C[C@]12CC[C@H](O)C[C@@H]1CC[C@@H]1[C@@H]2CC[C@]2(C)[C@@H](c3ccc(=O)oc3)C[C@H]3O[C@]132. The van der Waals surface area contributed by atoms with Crippen LogP contribution in [0.1, 0.15) is 76.7 Å². The highest BCUT2D eigenvalue weighted by molar-refractivity contribution is 5.35. The number of hydrogen-bond acceptors (Lipinski definition) is 4. The van der Waals surface area contributed by atoms with Gasteiger partial charge in [0, 0.05) is 11.5 Å². The average molecular weight is 385 g/mol. The molecule has 0 aromatic carbocycles. The van der Waals surface area contributed by atoms with Crippen molar-refractivity contribution in [3.05, 3.63) is 34.4 Å². The Morgan fingerprint density at radius 3 is 2.68 bits per heavy atom. The van der Waals surface area contributed by atoms with Gasteiger partial charge in [0.15, 0.2) is 0 Å². The Labute approximate surface area is 166 Å². The standard InChI is InChI=1S/C24H32O4/c1-22-9-7-16(25)11-15(22)4-5-18-17(22)8-10-23(2)19(12-20-24(18,23)28-20)14-3-6-21(26)27-13-14/h3,6,13,15-20,25H,4-5,7-12H2,1-2H3/t15-,16-,17-,18+,19+,20+,22-,23+,24+/m0/s1. The topological polar surface area (TPSA) is 63.0 Å². The molecule has 9 atom stereocenters. The first-order valence-corrected chi connectivity index (χ1v) is 11.3. The van der Waals surface area contributed by atoms with E-state index in [4.69, 9.17) is 9.15 Å². The molecule has 1 N–H and O–H groups in total. The number of epoxide rings is 1. The van der Waals surface area contributed by atoms with Crippen molar-refractivity contribution in [1.29, 1.82) is 0 Å². The van der Waals surface area contributed by atoms with Crippen molar-refractivity contribution < 1.29 is 14.3 Å². The van der Waals surface area contributed by atoms with Gasteiger partial charge in [-0.15, -0.1) is 0 Å². The monoisotopic (exact) mass is 384 g/mol. The normalized spacial score (nSPS) is 54.2. The highest BCUT2D eigenvalue weighted by Gasteiger charge is 2.80. The van der Waals surface area contributed by atoms with Crippen molar-refractivity contribution in [3.63, 3.8) is 0 Å². The summed E-state index contributed by atoms with van der Waals surface area (Å²) in [6.45, 7) is 4.97. The molecule has 1 aromatic heterocycles.